The predicted molar refractivity (Wildman–Crippen MR) is 80.4 cm³/mol. The fraction of sp³-hybridized carbons (Fsp3) is 0.0526. The van der Waals surface area contributed by atoms with Gasteiger partial charge in [0.15, 0.2) is 0 Å². The maximum atomic E-state index is 2.31. The molecule has 0 radical (unpaired) electrons. The molecular formula is C19H14. The van der Waals surface area contributed by atoms with Crippen molar-refractivity contribution in [3.8, 4) is 11.1 Å². The summed E-state index contributed by atoms with van der Waals surface area (Å²) in [5.41, 5.74) is 6.85. The van der Waals surface area contributed by atoms with Crippen LogP contribution in [0.5, 0.6) is 0 Å². The molecule has 0 spiro atoms. The van der Waals surface area contributed by atoms with Crippen LogP contribution in [0.4, 0.5) is 0 Å². The Kier molecular flexibility index (Phi) is 2.28. The molecule has 0 aromatic heterocycles. The Labute approximate surface area is 113 Å². The molecule has 0 saturated heterocycles. The van der Waals surface area contributed by atoms with Crippen molar-refractivity contribution in [2.75, 3.05) is 0 Å². The predicted octanol–water partition coefficient (Wildman–Crippen LogP) is 4.95. The molecule has 1 unspecified atom stereocenters. The van der Waals surface area contributed by atoms with Gasteiger partial charge in [-0.05, 0) is 27.8 Å². The van der Waals surface area contributed by atoms with Crippen LogP contribution in [0.3, 0.4) is 0 Å². The molecule has 0 saturated carbocycles. The standard InChI is InChI=1S/C19H14/c1-2-6-14-10-12-18(16(14)8-3-1)19-13-11-15-7-4-5-9-17(15)19/h1-13,19H. The van der Waals surface area contributed by atoms with Crippen molar-refractivity contribution in [2.45, 2.75) is 5.92 Å². The summed E-state index contributed by atoms with van der Waals surface area (Å²) >= 11 is 0. The van der Waals surface area contributed by atoms with Crippen molar-refractivity contribution in [2.24, 2.45) is 0 Å². The lowest BCUT2D eigenvalue weighted by Crippen LogP contribution is -1.95. The number of allylic oxidation sites excluding steroid dienone is 1. The molecule has 1 aromatic carbocycles. The topological polar surface area (TPSA) is 0 Å². The lowest BCUT2D eigenvalue weighted by Gasteiger charge is -2.11. The quantitative estimate of drug-likeness (QED) is 0.566. The second-order valence-corrected chi connectivity index (χ2v) is 5.03. The molecule has 90 valence electrons. The number of rotatable bonds is 1. The smallest absolute Gasteiger partial charge is 0.0284 e. The molecular weight excluding hydrogens is 228 g/mol. The molecule has 0 heterocycles. The number of benzene rings is 1. The Morgan fingerprint density at radius 2 is 1.47 bits per heavy atom. The van der Waals surface area contributed by atoms with E-state index in [4.69, 9.17) is 0 Å². The molecule has 0 nitrogen and oxygen atoms in total. The Bertz CT molecular complexity index is 737. The van der Waals surface area contributed by atoms with Crippen molar-refractivity contribution in [3.05, 3.63) is 89.5 Å². The zero-order valence-corrected chi connectivity index (χ0v) is 10.6. The van der Waals surface area contributed by atoms with Gasteiger partial charge in [0.05, 0.1) is 0 Å². The minimum Gasteiger partial charge on any atom is -0.0720 e. The SMILES string of the molecule is C1=CC(c2ccc3cccccc2-3)c2ccccc21. The molecule has 19 heavy (non-hydrogen) atoms. The van der Waals surface area contributed by atoms with Crippen LogP contribution in [0.2, 0.25) is 0 Å². The lowest BCUT2D eigenvalue weighted by atomic mass is 9.92. The Balaban J connectivity index is 1.89. The van der Waals surface area contributed by atoms with Gasteiger partial charge in [-0.3, -0.25) is 0 Å². The van der Waals surface area contributed by atoms with Crippen molar-refractivity contribution in [1.29, 1.82) is 0 Å². The van der Waals surface area contributed by atoms with E-state index in [1.165, 1.54) is 27.8 Å². The highest BCUT2D eigenvalue weighted by molar-refractivity contribution is 5.75. The molecule has 4 rings (SSSR count). The lowest BCUT2D eigenvalue weighted by molar-refractivity contribution is 1.06. The molecule has 1 aromatic rings. The zero-order valence-electron chi connectivity index (χ0n) is 10.6. The van der Waals surface area contributed by atoms with Gasteiger partial charge in [-0.1, -0.05) is 78.9 Å². The van der Waals surface area contributed by atoms with E-state index in [1.807, 2.05) is 0 Å². The van der Waals surface area contributed by atoms with Crippen molar-refractivity contribution >= 4 is 6.08 Å². The summed E-state index contributed by atoms with van der Waals surface area (Å²) in [7, 11) is 0. The van der Waals surface area contributed by atoms with Crippen LogP contribution in [0.15, 0.2) is 72.8 Å². The molecule has 0 N–H and O–H groups in total. The summed E-state index contributed by atoms with van der Waals surface area (Å²) in [6.45, 7) is 0. The average Bonchev–Trinajstić information content (AvgIpc) is 2.96. The van der Waals surface area contributed by atoms with E-state index in [1.54, 1.807) is 0 Å². The van der Waals surface area contributed by atoms with E-state index in [-0.39, 0.29) is 0 Å². The van der Waals surface area contributed by atoms with Crippen LogP contribution in [0.25, 0.3) is 17.2 Å². The number of hydrogen-bond acceptors (Lipinski definition) is 0. The molecule has 3 aliphatic rings. The van der Waals surface area contributed by atoms with E-state index < -0.39 is 0 Å². The molecule has 0 bridgehead atoms. The minimum atomic E-state index is 0.399. The molecule has 0 amide bonds. The van der Waals surface area contributed by atoms with Gasteiger partial charge in [-0.25, -0.2) is 0 Å². The molecule has 0 aliphatic heterocycles. The van der Waals surface area contributed by atoms with Gasteiger partial charge in [0.25, 0.3) is 0 Å². The summed E-state index contributed by atoms with van der Waals surface area (Å²) in [5.74, 6) is 0.399. The third-order valence-corrected chi connectivity index (χ3v) is 3.96. The van der Waals surface area contributed by atoms with Gasteiger partial charge >= 0.3 is 0 Å². The van der Waals surface area contributed by atoms with Gasteiger partial charge in [0, 0.05) is 5.92 Å². The van der Waals surface area contributed by atoms with Gasteiger partial charge in [0.1, 0.15) is 0 Å². The fourth-order valence-electron chi connectivity index (χ4n) is 3.03. The maximum absolute atomic E-state index is 2.31. The van der Waals surface area contributed by atoms with Crippen LogP contribution in [0, 0.1) is 0 Å². The third-order valence-electron chi connectivity index (χ3n) is 3.96. The summed E-state index contributed by atoms with van der Waals surface area (Å²) in [6.07, 6.45) is 4.55. The summed E-state index contributed by atoms with van der Waals surface area (Å²) in [4.78, 5) is 0. The largest absolute Gasteiger partial charge is 0.0720 e. The highest BCUT2D eigenvalue weighted by atomic mass is 14.3. The van der Waals surface area contributed by atoms with Crippen molar-refractivity contribution in [3.63, 3.8) is 0 Å². The monoisotopic (exact) mass is 242 g/mol. The van der Waals surface area contributed by atoms with Gasteiger partial charge in [0.2, 0.25) is 0 Å². The highest BCUT2D eigenvalue weighted by Crippen LogP contribution is 2.41. The third kappa shape index (κ3) is 1.61. The van der Waals surface area contributed by atoms with Gasteiger partial charge in [-0.15, -0.1) is 0 Å². The highest BCUT2D eigenvalue weighted by Gasteiger charge is 2.22. The molecule has 0 fully saturated rings. The van der Waals surface area contributed by atoms with Crippen molar-refractivity contribution < 1.29 is 0 Å². The molecule has 3 aliphatic carbocycles. The minimum absolute atomic E-state index is 0.399. The van der Waals surface area contributed by atoms with E-state index in [0.29, 0.717) is 5.92 Å². The Hall–Kier alpha value is -2.34. The van der Waals surface area contributed by atoms with E-state index in [0.717, 1.165) is 0 Å². The summed E-state index contributed by atoms with van der Waals surface area (Å²) < 4.78 is 0. The fourth-order valence-corrected chi connectivity index (χ4v) is 3.03. The number of fused-ring (bicyclic) bond motifs is 2. The van der Waals surface area contributed by atoms with Gasteiger partial charge < -0.3 is 0 Å². The Morgan fingerprint density at radius 3 is 2.47 bits per heavy atom. The first-order chi connectivity index (χ1) is 9.43. The second-order valence-electron chi connectivity index (χ2n) is 5.03. The average molecular weight is 242 g/mol. The Morgan fingerprint density at radius 1 is 0.632 bits per heavy atom. The molecule has 0 heteroatoms. The first-order valence-corrected chi connectivity index (χ1v) is 6.68. The first-order valence-electron chi connectivity index (χ1n) is 6.68. The van der Waals surface area contributed by atoms with Crippen LogP contribution >= 0.6 is 0 Å². The normalized spacial score (nSPS) is 16.7. The zero-order chi connectivity index (χ0) is 12.7. The van der Waals surface area contributed by atoms with Crippen molar-refractivity contribution in [1.82, 2.24) is 0 Å². The van der Waals surface area contributed by atoms with Crippen LogP contribution in [-0.4, -0.2) is 0 Å². The number of hydrogen-bond donors (Lipinski definition) is 0. The van der Waals surface area contributed by atoms with Gasteiger partial charge in [-0.2, -0.15) is 0 Å². The van der Waals surface area contributed by atoms with E-state index in [2.05, 4.69) is 78.9 Å². The van der Waals surface area contributed by atoms with Crippen LogP contribution < -0.4 is 0 Å². The molecule has 1 atom stereocenters. The van der Waals surface area contributed by atoms with E-state index >= 15 is 0 Å². The van der Waals surface area contributed by atoms with E-state index in [9.17, 15) is 0 Å². The van der Waals surface area contributed by atoms with Crippen LogP contribution in [0.1, 0.15) is 22.6 Å². The maximum Gasteiger partial charge on any atom is 0.0284 e. The van der Waals surface area contributed by atoms with Crippen LogP contribution in [-0.2, 0) is 0 Å². The second kappa shape index (κ2) is 4.10. The summed E-state index contributed by atoms with van der Waals surface area (Å²) in [6, 6.07) is 23.9. The summed E-state index contributed by atoms with van der Waals surface area (Å²) in [5, 5.41) is 0. The first kappa shape index (κ1) is 10.6.